The van der Waals surface area contributed by atoms with Crippen molar-refractivity contribution in [3.63, 3.8) is 0 Å². The van der Waals surface area contributed by atoms with Gasteiger partial charge in [-0.1, -0.05) is 44.9 Å². The van der Waals surface area contributed by atoms with Gasteiger partial charge < -0.3 is 0 Å². The Morgan fingerprint density at radius 1 is 1.00 bits per heavy atom. The van der Waals surface area contributed by atoms with Gasteiger partial charge in [-0.3, -0.25) is 0 Å². The zero-order valence-electron chi connectivity index (χ0n) is 11.7. The Labute approximate surface area is 118 Å². The summed E-state index contributed by atoms with van der Waals surface area (Å²) in [4.78, 5) is 0.260. The van der Waals surface area contributed by atoms with Crippen LogP contribution in [0.1, 0.15) is 39.5 Å². The van der Waals surface area contributed by atoms with E-state index in [1.807, 2.05) is 0 Å². The fraction of sp³-hybridized carbons (Fsp3) is 0.571. The summed E-state index contributed by atoms with van der Waals surface area (Å²) in [5, 5.41) is 0. The van der Waals surface area contributed by atoms with E-state index < -0.39 is 18.3 Å². The van der Waals surface area contributed by atoms with Gasteiger partial charge in [-0.05, 0) is 37.3 Å². The van der Waals surface area contributed by atoms with Crippen LogP contribution in [0.2, 0.25) is 0 Å². The molecule has 0 saturated carbocycles. The Kier molecular flexibility index (Phi) is 7.59. The van der Waals surface area contributed by atoms with E-state index in [-0.39, 0.29) is 4.90 Å². The minimum atomic E-state index is -3.59. The molecule has 0 fully saturated rings. The third kappa shape index (κ3) is 6.03. The molecular formula is C14H23O3PS. The van der Waals surface area contributed by atoms with Crippen LogP contribution in [-0.4, -0.2) is 20.7 Å². The second kappa shape index (κ2) is 8.68. The van der Waals surface area contributed by atoms with Gasteiger partial charge in [-0.15, -0.1) is 0 Å². The maximum Gasteiger partial charge on any atom is 0.299 e. The standard InChI is InChI=1S/C14H23O3PS/c1-3-5-12-18(13-6-4-2)17-19(15,16)14-10-8-7-9-11-14/h7-11H,3-6,12-13H2,1-2H3. The molecule has 0 atom stereocenters. The molecule has 0 saturated heterocycles. The fourth-order valence-electron chi connectivity index (χ4n) is 1.62. The predicted molar refractivity (Wildman–Crippen MR) is 81.2 cm³/mol. The molecule has 5 heteroatoms. The molecule has 1 aromatic rings. The Morgan fingerprint density at radius 2 is 1.53 bits per heavy atom. The average Bonchev–Trinajstić information content (AvgIpc) is 2.42. The molecule has 0 amide bonds. The first-order valence-corrected chi connectivity index (χ1v) is 9.88. The fourth-order valence-corrected chi connectivity index (χ4v) is 5.73. The SMILES string of the molecule is CCCCP(CCCC)OS(=O)(=O)c1ccccc1. The van der Waals surface area contributed by atoms with E-state index in [0.29, 0.717) is 0 Å². The zero-order valence-corrected chi connectivity index (χ0v) is 13.4. The largest absolute Gasteiger partial charge is 0.299 e. The van der Waals surface area contributed by atoms with Crippen molar-refractivity contribution in [3.05, 3.63) is 30.3 Å². The van der Waals surface area contributed by atoms with Crippen LogP contribution < -0.4 is 0 Å². The maximum atomic E-state index is 12.2. The Bertz CT molecular complexity index is 437. The lowest BCUT2D eigenvalue weighted by molar-refractivity contribution is 0.506. The van der Waals surface area contributed by atoms with Crippen molar-refractivity contribution in [2.24, 2.45) is 0 Å². The predicted octanol–water partition coefficient (Wildman–Crippen LogP) is 4.39. The van der Waals surface area contributed by atoms with Crippen molar-refractivity contribution < 1.29 is 12.4 Å². The molecule has 1 rings (SSSR count). The smallest absolute Gasteiger partial charge is 0.244 e. The minimum Gasteiger partial charge on any atom is -0.244 e. The highest BCUT2D eigenvalue weighted by Crippen LogP contribution is 2.42. The van der Waals surface area contributed by atoms with Crippen molar-refractivity contribution in [3.8, 4) is 0 Å². The summed E-state index contributed by atoms with van der Waals surface area (Å²) in [7, 11) is -4.46. The van der Waals surface area contributed by atoms with Crippen LogP contribution in [0.25, 0.3) is 0 Å². The number of hydrogen-bond acceptors (Lipinski definition) is 3. The quantitative estimate of drug-likeness (QED) is 0.635. The van der Waals surface area contributed by atoms with Gasteiger partial charge in [0.1, 0.15) is 0 Å². The normalized spacial score (nSPS) is 11.9. The Hall–Kier alpha value is -0.440. The summed E-state index contributed by atoms with van der Waals surface area (Å²) >= 11 is 0. The summed E-state index contributed by atoms with van der Waals surface area (Å²) in [6.45, 7) is 4.22. The molecule has 3 nitrogen and oxygen atoms in total. The third-order valence-electron chi connectivity index (χ3n) is 2.76. The number of unbranched alkanes of at least 4 members (excludes halogenated alkanes) is 2. The van der Waals surface area contributed by atoms with E-state index in [1.165, 1.54) is 0 Å². The van der Waals surface area contributed by atoms with E-state index in [4.69, 9.17) is 3.97 Å². The van der Waals surface area contributed by atoms with Gasteiger partial charge in [0, 0.05) is 0 Å². The highest BCUT2D eigenvalue weighted by molar-refractivity contribution is 7.91. The highest BCUT2D eigenvalue weighted by atomic mass is 32.2. The second-order valence-corrected chi connectivity index (χ2v) is 8.31. The number of benzene rings is 1. The van der Waals surface area contributed by atoms with Gasteiger partial charge >= 0.3 is 0 Å². The molecule has 1 aromatic carbocycles. The number of hydrogen-bond donors (Lipinski definition) is 0. The van der Waals surface area contributed by atoms with Gasteiger partial charge in [0.15, 0.2) is 0 Å². The molecule has 0 unspecified atom stereocenters. The summed E-state index contributed by atoms with van der Waals surface area (Å²) < 4.78 is 29.8. The molecular weight excluding hydrogens is 279 g/mol. The maximum absolute atomic E-state index is 12.2. The van der Waals surface area contributed by atoms with E-state index >= 15 is 0 Å². The minimum absolute atomic E-state index is 0.260. The molecule has 0 aliphatic rings. The first-order valence-electron chi connectivity index (χ1n) is 6.84. The lowest BCUT2D eigenvalue weighted by atomic mass is 10.4. The molecule has 0 spiro atoms. The summed E-state index contributed by atoms with van der Waals surface area (Å²) in [5.41, 5.74) is 0. The van der Waals surface area contributed by atoms with Crippen LogP contribution in [0.3, 0.4) is 0 Å². The van der Waals surface area contributed by atoms with Crippen molar-refractivity contribution in [1.29, 1.82) is 0 Å². The van der Waals surface area contributed by atoms with Crippen molar-refractivity contribution in [2.45, 2.75) is 44.4 Å². The topological polar surface area (TPSA) is 43.4 Å². The van der Waals surface area contributed by atoms with Gasteiger partial charge in [0.2, 0.25) is 0 Å². The Balaban J connectivity index is 2.71. The lowest BCUT2D eigenvalue weighted by Gasteiger charge is -2.16. The van der Waals surface area contributed by atoms with Crippen LogP contribution in [0.15, 0.2) is 35.2 Å². The monoisotopic (exact) mass is 302 g/mol. The summed E-state index contributed by atoms with van der Waals surface area (Å²) in [6.07, 6.45) is 5.94. The molecule has 0 aliphatic carbocycles. The summed E-state index contributed by atoms with van der Waals surface area (Å²) in [5.74, 6) is 0. The van der Waals surface area contributed by atoms with Gasteiger partial charge in [0.05, 0.1) is 13.0 Å². The van der Waals surface area contributed by atoms with E-state index in [9.17, 15) is 8.42 Å². The first kappa shape index (κ1) is 16.6. The first-order chi connectivity index (χ1) is 9.10. The van der Waals surface area contributed by atoms with Crippen LogP contribution >= 0.6 is 8.15 Å². The van der Waals surface area contributed by atoms with E-state index in [1.54, 1.807) is 30.3 Å². The molecule has 19 heavy (non-hydrogen) atoms. The molecule has 0 aromatic heterocycles. The second-order valence-electron chi connectivity index (χ2n) is 4.48. The van der Waals surface area contributed by atoms with Crippen molar-refractivity contribution >= 4 is 18.3 Å². The van der Waals surface area contributed by atoms with Crippen LogP contribution in [0.4, 0.5) is 0 Å². The Morgan fingerprint density at radius 3 is 2.00 bits per heavy atom. The molecule has 108 valence electrons. The lowest BCUT2D eigenvalue weighted by Crippen LogP contribution is -2.06. The molecule has 0 radical (unpaired) electrons. The van der Waals surface area contributed by atoms with E-state index in [2.05, 4.69) is 13.8 Å². The third-order valence-corrected chi connectivity index (χ3v) is 6.87. The van der Waals surface area contributed by atoms with E-state index in [0.717, 1.165) is 38.0 Å². The van der Waals surface area contributed by atoms with Crippen molar-refractivity contribution in [1.82, 2.24) is 0 Å². The number of rotatable bonds is 9. The van der Waals surface area contributed by atoms with Crippen LogP contribution in [0.5, 0.6) is 0 Å². The molecule has 0 heterocycles. The van der Waals surface area contributed by atoms with Gasteiger partial charge in [0.25, 0.3) is 10.1 Å². The van der Waals surface area contributed by atoms with Gasteiger partial charge in [-0.25, -0.2) is 3.97 Å². The zero-order chi connectivity index (χ0) is 14.1. The van der Waals surface area contributed by atoms with Crippen LogP contribution in [-0.2, 0) is 14.1 Å². The molecule has 0 aliphatic heterocycles. The van der Waals surface area contributed by atoms with Crippen molar-refractivity contribution in [2.75, 3.05) is 12.3 Å². The highest BCUT2D eigenvalue weighted by Gasteiger charge is 2.21. The van der Waals surface area contributed by atoms with Crippen LogP contribution in [0, 0.1) is 0 Å². The molecule has 0 bridgehead atoms. The van der Waals surface area contributed by atoms with Gasteiger partial charge in [-0.2, -0.15) is 8.42 Å². The summed E-state index contributed by atoms with van der Waals surface area (Å²) in [6, 6.07) is 8.41. The average molecular weight is 302 g/mol. The molecule has 0 N–H and O–H groups in total.